The van der Waals surface area contributed by atoms with Gasteiger partial charge in [0.2, 0.25) is 5.95 Å². The van der Waals surface area contributed by atoms with Crippen molar-refractivity contribution in [2.45, 2.75) is 75.7 Å². The molecule has 1 aliphatic heterocycles. The van der Waals surface area contributed by atoms with Gasteiger partial charge in [-0.2, -0.15) is 9.65 Å². The van der Waals surface area contributed by atoms with Gasteiger partial charge in [0.25, 0.3) is 0 Å². The maximum atomic E-state index is 15.5. The second-order valence-corrected chi connectivity index (χ2v) is 20.4. The van der Waals surface area contributed by atoms with E-state index in [1.165, 1.54) is 24.4 Å². The Bertz CT molecular complexity index is 1580. The Hall–Kier alpha value is -3.67. The number of fused-ring (bicyclic) bond motifs is 1. The normalized spacial score (nSPS) is 23.0. The molecule has 1 aliphatic carbocycles. The number of ether oxygens (including phenoxy) is 2. The van der Waals surface area contributed by atoms with Gasteiger partial charge >= 0.3 is 12.1 Å². The van der Waals surface area contributed by atoms with Crippen LogP contribution in [0.15, 0.2) is 35.6 Å². The fraction of sp³-hybridized carbons (Fsp3) is 0.484. The molecule has 1 amide bonds. The third-order valence-corrected chi connectivity index (χ3v) is 10.6. The molecule has 2 aliphatic rings. The average molecular weight is 658 g/mol. The van der Waals surface area contributed by atoms with Gasteiger partial charge in [0.05, 0.1) is 16.8 Å². The minimum Gasteiger partial charge on any atom is -0.480 e. The minimum absolute atomic E-state index is 0.0178. The number of carboxylic acids is 1. The van der Waals surface area contributed by atoms with Gasteiger partial charge in [-0.25, -0.2) is 19.1 Å². The molecule has 45 heavy (non-hydrogen) atoms. The molecule has 3 atom stereocenters. The molecule has 14 heteroatoms. The van der Waals surface area contributed by atoms with E-state index in [1.54, 1.807) is 27.7 Å². The summed E-state index contributed by atoms with van der Waals surface area (Å²) in [6.07, 6.45) is 2.86. The molecule has 240 valence electrons. The van der Waals surface area contributed by atoms with Crippen molar-refractivity contribution in [3.05, 3.63) is 58.9 Å². The highest BCUT2D eigenvalue weighted by molar-refractivity contribution is 8.15. The van der Waals surface area contributed by atoms with Crippen LogP contribution in [0.3, 0.4) is 0 Å². The van der Waals surface area contributed by atoms with E-state index >= 15 is 8.78 Å². The number of aromatic nitrogens is 2. The first-order chi connectivity index (χ1) is 20.9. The summed E-state index contributed by atoms with van der Waals surface area (Å²) < 4.78 is 40.7. The van der Waals surface area contributed by atoms with Crippen molar-refractivity contribution in [3.8, 4) is 6.07 Å². The fourth-order valence-corrected chi connectivity index (χ4v) is 7.14. The lowest BCUT2D eigenvalue weighted by atomic mass is 9.86. The van der Waals surface area contributed by atoms with Crippen molar-refractivity contribution in [2.75, 3.05) is 13.3 Å². The minimum atomic E-state index is -1.48. The zero-order valence-electron chi connectivity index (χ0n) is 26.4. The first kappa shape index (κ1) is 34.2. The highest BCUT2D eigenvalue weighted by atomic mass is 32.2. The lowest BCUT2D eigenvalue weighted by molar-refractivity contribution is -0.137. The number of thioether (sulfide) groups is 1. The second-order valence-electron chi connectivity index (χ2n) is 13.5. The summed E-state index contributed by atoms with van der Waals surface area (Å²) in [4.78, 5) is 39.8. The van der Waals surface area contributed by atoms with Crippen molar-refractivity contribution >= 4 is 49.0 Å². The van der Waals surface area contributed by atoms with Crippen LogP contribution in [0, 0.1) is 23.2 Å². The second kappa shape index (κ2) is 12.6. The number of nitrogens with zero attached hydrogens (tertiary/aromatic N) is 5. The molecule has 0 spiro atoms. The number of hydrogen-bond acceptors (Lipinski definition) is 9. The van der Waals surface area contributed by atoms with Crippen LogP contribution in [0.2, 0.25) is 25.7 Å². The first-order valence-electron chi connectivity index (χ1n) is 14.4. The van der Waals surface area contributed by atoms with Crippen molar-refractivity contribution in [2.24, 2.45) is 10.9 Å². The molecule has 1 fully saturated rings. The molecule has 1 unspecified atom stereocenters. The zero-order chi connectivity index (χ0) is 33.4. The number of nitriles is 1. The Kier molecular flexibility index (Phi) is 9.59. The monoisotopic (exact) mass is 657 g/mol. The number of amidine groups is 1. The Morgan fingerprint density at radius 3 is 2.56 bits per heavy atom. The number of hydrogen-bond donors (Lipinski definition) is 1. The Labute approximate surface area is 266 Å². The van der Waals surface area contributed by atoms with Gasteiger partial charge in [-0.3, -0.25) is 14.8 Å². The maximum absolute atomic E-state index is 15.5. The van der Waals surface area contributed by atoms with Crippen LogP contribution < -0.4 is 0 Å². The number of carboxylic acid groups (broad SMARTS) is 1. The van der Waals surface area contributed by atoms with E-state index in [0.29, 0.717) is 6.61 Å². The highest BCUT2D eigenvalue weighted by Gasteiger charge is 2.72. The molecule has 10 nitrogen and oxygen atoms in total. The molecule has 0 radical (unpaired) electrons. The first-order valence-corrected chi connectivity index (χ1v) is 18.9. The van der Waals surface area contributed by atoms with Gasteiger partial charge in [-0.05, 0) is 70.0 Å². The van der Waals surface area contributed by atoms with Gasteiger partial charge in [0.15, 0.2) is 5.17 Å². The summed E-state index contributed by atoms with van der Waals surface area (Å²) in [5.41, 5.74) is -1.98. The average Bonchev–Trinajstić information content (AvgIpc) is 3.70. The molecule has 1 N–H and O–H groups in total. The molecule has 0 bridgehead atoms. The van der Waals surface area contributed by atoms with Crippen molar-refractivity contribution in [1.82, 2.24) is 14.9 Å². The number of amides is 1. The zero-order valence-corrected chi connectivity index (χ0v) is 28.2. The van der Waals surface area contributed by atoms with Crippen molar-refractivity contribution in [1.29, 1.82) is 5.26 Å². The van der Waals surface area contributed by atoms with Crippen molar-refractivity contribution < 1.29 is 33.0 Å². The lowest BCUT2D eigenvalue weighted by Crippen LogP contribution is -2.47. The van der Waals surface area contributed by atoms with Crippen LogP contribution in [0.1, 0.15) is 56.5 Å². The van der Waals surface area contributed by atoms with E-state index in [-0.39, 0.29) is 40.7 Å². The highest BCUT2D eigenvalue weighted by Crippen LogP contribution is 2.66. The van der Waals surface area contributed by atoms with E-state index in [1.807, 2.05) is 6.07 Å². The molecule has 4 rings (SSSR count). The lowest BCUT2D eigenvalue weighted by Gasteiger charge is -2.37. The molecular weight excluding hydrogens is 621 g/mol. The predicted molar refractivity (Wildman–Crippen MR) is 170 cm³/mol. The molecule has 0 saturated heterocycles. The number of aliphatic carboxylic acids is 1. The van der Waals surface area contributed by atoms with Crippen LogP contribution in [0.4, 0.5) is 13.6 Å². The van der Waals surface area contributed by atoms with Crippen molar-refractivity contribution in [3.63, 3.8) is 0 Å². The molecule has 1 saturated carbocycles. The quantitative estimate of drug-likeness (QED) is 0.136. The van der Waals surface area contributed by atoms with E-state index in [2.05, 4.69) is 29.6 Å². The Balaban J connectivity index is 1.76. The summed E-state index contributed by atoms with van der Waals surface area (Å²) >= 11 is 0.918. The molecule has 2 aromatic heterocycles. The Morgan fingerprint density at radius 2 is 1.98 bits per heavy atom. The van der Waals surface area contributed by atoms with E-state index in [9.17, 15) is 14.7 Å². The molecule has 0 aromatic carbocycles. The summed E-state index contributed by atoms with van der Waals surface area (Å²) in [6.45, 7) is 13.4. The topological polar surface area (TPSA) is 138 Å². The fourth-order valence-electron chi connectivity index (χ4n) is 4.87. The summed E-state index contributed by atoms with van der Waals surface area (Å²) in [7, 11) is -1.45. The Morgan fingerprint density at radius 1 is 1.27 bits per heavy atom. The summed E-state index contributed by atoms with van der Waals surface area (Å²) in [6, 6.07) is 6.89. The van der Waals surface area contributed by atoms with Crippen LogP contribution in [-0.2, 0) is 19.8 Å². The van der Waals surface area contributed by atoms with E-state index in [4.69, 9.17) is 19.7 Å². The summed E-state index contributed by atoms with van der Waals surface area (Å²) in [5.74, 6) is -3.42. The molecule has 3 heterocycles. The van der Waals surface area contributed by atoms with Crippen LogP contribution in [0.5, 0.6) is 0 Å². The van der Waals surface area contributed by atoms with Crippen LogP contribution in [-0.4, -0.2) is 69.0 Å². The number of aliphatic imine (C=N–C) groups is 1. The predicted octanol–water partition coefficient (Wildman–Crippen LogP) is 6.67. The summed E-state index contributed by atoms with van der Waals surface area (Å²) in [5, 5.41) is 19.3. The molecule has 2 aromatic rings. The number of pyridine rings is 2. The standard InChI is InChI=1S/C31H37F2N5O5SSi/c1-29(2,3)43-28(41)38(18-42-10-11-45(5,6)7)27-37-30(4,24-14-31(24,44-27)26(39)40)21-12-20(17-36-25(21)33)13-22(32)23-9-8-19(15-34)16-35-23/h8-9,12-13,16-17,24H,10-11,14,18H2,1-7H3,(H,39,40)/b22-13-/t24?,30-,31+/m1/s1. The maximum Gasteiger partial charge on any atom is 0.418 e. The van der Waals surface area contributed by atoms with Crippen LogP contribution in [0.25, 0.3) is 11.9 Å². The SMILES string of the molecule is CC(C)(C)OC(=O)N(COCC[Si](C)(C)C)C1=N[C@](C)(c2cc(/C=C(\F)c3ccc(C#N)cn3)cnc2F)C2C[C@]2(C(=O)O)S1. The number of rotatable bonds is 9. The third-order valence-electron chi connectivity index (χ3n) is 7.45. The largest absolute Gasteiger partial charge is 0.480 e. The molecular formula is C31H37F2N5O5SSi. The van der Waals surface area contributed by atoms with Gasteiger partial charge in [-0.15, -0.1) is 0 Å². The van der Waals surface area contributed by atoms with Gasteiger partial charge < -0.3 is 14.6 Å². The van der Waals surface area contributed by atoms with Gasteiger partial charge in [0, 0.05) is 38.6 Å². The van der Waals surface area contributed by atoms with Crippen LogP contribution >= 0.6 is 11.8 Å². The van der Waals surface area contributed by atoms with E-state index in [0.717, 1.165) is 35.0 Å². The van der Waals surface area contributed by atoms with E-state index < -0.39 is 53.7 Å². The van der Waals surface area contributed by atoms with Gasteiger partial charge in [-0.1, -0.05) is 31.4 Å². The number of carbonyl (C=O) groups is 2. The third kappa shape index (κ3) is 7.77. The van der Waals surface area contributed by atoms with Gasteiger partial charge in [0.1, 0.15) is 29.0 Å². The number of halogens is 2. The number of carbonyl (C=O) groups excluding carboxylic acids is 1. The smallest absolute Gasteiger partial charge is 0.418 e.